The molecule has 6 nitrogen and oxygen atoms in total. The van der Waals surface area contributed by atoms with Crippen LogP contribution >= 0.6 is 0 Å². The molecule has 2 aromatic carbocycles. The van der Waals surface area contributed by atoms with Gasteiger partial charge >= 0.3 is 0 Å². The molecule has 0 radical (unpaired) electrons. The van der Waals surface area contributed by atoms with Gasteiger partial charge in [-0.1, -0.05) is 36.4 Å². The lowest BCUT2D eigenvalue weighted by molar-refractivity contribution is -0.116. The van der Waals surface area contributed by atoms with Crippen molar-refractivity contribution in [3.8, 4) is 0 Å². The first-order valence-electron chi connectivity index (χ1n) is 10.9. The van der Waals surface area contributed by atoms with E-state index in [1.165, 1.54) is 5.69 Å². The lowest BCUT2D eigenvalue weighted by Gasteiger charge is -2.25. The fourth-order valence-corrected chi connectivity index (χ4v) is 3.79. The summed E-state index contributed by atoms with van der Waals surface area (Å²) in [6.45, 7) is 8.46. The molecule has 0 bridgehead atoms. The number of amides is 1. The number of carbonyl (C=O) groups is 1. The molecule has 0 saturated carbocycles. The predicted octanol–water partition coefficient (Wildman–Crippen LogP) is 3.58. The summed E-state index contributed by atoms with van der Waals surface area (Å²) in [7, 11) is 0. The molecular formula is C24H33N5O. The van der Waals surface area contributed by atoms with Gasteiger partial charge in [0.2, 0.25) is 5.91 Å². The zero-order valence-electron chi connectivity index (χ0n) is 18.0. The molecule has 0 aromatic heterocycles. The maximum Gasteiger partial charge on any atom is 0.225 e. The fourth-order valence-electron chi connectivity index (χ4n) is 3.79. The Kier molecular flexibility index (Phi) is 8.12. The Morgan fingerprint density at radius 2 is 1.87 bits per heavy atom. The van der Waals surface area contributed by atoms with Crippen LogP contribution < -0.4 is 20.9 Å². The van der Waals surface area contributed by atoms with Crippen LogP contribution in [0.4, 0.5) is 11.4 Å². The van der Waals surface area contributed by atoms with Gasteiger partial charge in [-0.2, -0.15) is 0 Å². The molecule has 30 heavy (non-hydrogen) atoms. The number of anilines is 2. The Hall–Kier alpha value is -3.02. The number of benzene rings is 2. The van der Waals surface area contributed by atoms with Crippen molar-refractivity contribution in [1.82, 2.24) is 10.6 Å². The van der Waals surface area contributed by atoms with E-state index in [9.17, 15) is 4.79 Å². The Morgan fingerprint density at radius 1 is 1.10 bits per heavy atom. The van der Waals surface area contributed by atoms with Gasteiger partial charge in [0, 0.05) is 49.9 Å². The van der Waals surface area contributed by atoms with E-state index in [2.05, 4.69) is 65.0 Å². The molecule has 0 aliphatic carbocycles. The van der Waals surface area contributed by atoms with Gasteiger partial charge in [-0.3, -0.25) is 9.79 Å². The third-order valence-corrected chi connectivity index (χ3v) is 5.32. The van der Waals surface area contributed by atoms with Gasteiger partial charge in [-0.05, 0) is 44.0 Å². The second kappa shape index (κ2) is 11.2. The van der Waals surface area contributed by atoms with Crippen LogP contribution in [-0.2, 0) is 4.79 Å². The maximum absolute atomic E-state index is 12.0. The zero-order chi connectivity index (χ0) is 21.2. The highest BCUT2D eigenvalue weighted by atomic mass is 16.1. The van der Waals surface area contributed by atoms with Crippen LogP contribution in [0.25, 0.3) is 0 Å². The molecule has 3 N–H and O–H groups in total. The van der Waals surface area contributed by atoms with E-state index in [0.717, 1.165) is 49.8 Å². The molecular weight excluding hydrogens is 374 g/mol. The van der Waals surface area contributed by atoms with Crippen molar-refractivity contribution >= 4 is 23.2 Å². The number of hydrogen-bond donors (Lipinski definition) is 3. The summed E-state index contributed by atoms with van der Waals surface area (Å²) < 4.78 is 0. The topological polar surface area (TPSA) is 68.8 Å². The van der Waals surface area contributed by atoms with E-state index in [4.69, 9.17) is 4.99 Å². The predicted molar refractivity (Wildman–Crippen MR) is 125 cm³/mol. The standard InChI is InChI=1S/C24H33N5O/c1-3-25-24(26-15-10-16-29(4-2)20-11-6-5-7-12-20)27-18-19-17-23(30)28-22-14-9-8-13-21(19)22/h5-9,11-14,19H,3-4,10,15-18H2,1-2H3,(H,28,30)(H2,25,26,27). The lowest BCUT2D eigenvalue weighted by Crippen LogP contribution is -2.39. The van der Waals surface area contributed by atoms with E-state index in [1.807, 2.05) is 24.3 Å². The zero-order valence-corrected chi connectivity index (χ0v) is 18.0. The average Bonchev–Trinajstić information content (AvgIpc) is 2.77. The number of guanidine groups is 1. The number of nitrogens with zero attached hydrogens (tertiary/aromatic N) is 2. The van der Waals surface area contributed by atoms with Crippen molar-refractivity contribution in [2.75, 3.05) is 42.9 Å². The molecule has 1 heterocycles. The molecule has 0 spiro atoms. The second-order valence-corrected chi connectivity index (χ2v) is 7.45. The highest BCUT2D eigenvalue weighted by Crippen LogP contribution is 2.31. The molecule has 0 saturated heterocycles. The third kappa shape index (κ3) is 5.99. The lowest BCUT2D eigenvalue weighted by atomic mass is 9.91. The summed E-state index contributed by atoms with van der Waals surface area (Å²) in [4.78, 5) is 19.2. The number of nitrogens with one attached hydrogen (secondary N) is 3. The van der Waals surface area contributed by atoms with Gasteiger partial charge in [0.05, 0.1) is 6.54 Å². The van der Waals surface area contributed by atoms with Crippen LogP contribution in [0.5, 0.6) is 0 Å². The third-order valence-electron chi connectivity index (χ3n) is 5.32. The molecule has 1 aliphatic rings. The summed E-state index contributed by atoms with van der Waals surface area (Å²) in [6.07, 6.45) is 1.49. The van der Waals surface area contributed by atoms with Crippen molar-refractivity contribution in [3.63, 3.8) is 0 Å². The van der Waals surface area contributed by atoms with Gasteiger partial charge in [0.25, 0.3) is 0 Å². The Balaban J connectivity index is 1.53. The molecule has 1 amide bonds. The van der Waals surface area contributed by atoms with Crippen molar-refractivity contribution in [2.45, 2.75) is 32.6 Å². The summed E-state index contributed by atoms with van der Waals surface area (Å²) >= 11 is 0. The van der Waals surface area contributed by atoms with E-state index in [-0.39, 0.29) is 11.8 Å². The number of fused-ring (bicyclic) bond motifs is 1. The van der Waals surface area contributed by atoms with Crippen molar-refractivity contribution < 1.29 is 4.79 Å². The second-order valence-electron chi connectivity index (χ2n) is 7.45. The Labute approximate surface area is 179 Å². The first-order chi connectivity index (χ1) is 14.7. The SMILES string of the molecule is CCNC(=NCC1CC(=O)Nc2ccccc21)NCCCN(CC)c1ccccc1. The van der Waals surface area contributed by atoms with Gasteiger partial charge in [0.15, 0.2) is 5.96 Å². The maximum atomic E-state index is 12.0. The summed E-state index contributed by atoms with van der Waals surface area (Å²) in [6, 6.07) is 18.5. The van der Waals surface area contributed by atoms with Crippen LogP contribution in [-0.4, -0.2) is 44.6 Å². The average molecular weight is 408 g/mol. The van der Waals surface area contributed by atoms with Gasteiger partial charge in [-0.15, -0.1) is 0 Å². The minimum atomic E-state index is 0.0624. The van der Waals surface area contributed by atoms with Crippen LogP contribution in [0.15, 0.2) is 59.6 Å². The van der Waals surface area contributed by atoms with Gasteiger partial charge < -0.3 is 20.9 Å². The fraction of sp³-hybridized carbons (Fsp3) is 0.417. The van der Waals surface area contributed by atoms with Crippen molar-refractivity contribution in [3.05, 3.63) is 60.2 Å². The van der Waals surface area contributed by atoms with Crippen LogP contribution in [0, 0.1) is 0 Å². The largest absolute Gasteiger partial charge is 0.372 e. The monoisotopic (exact) mass is 407 g/mol. The first-order valence-corrected chi connectivity index (χ1v) is 10.9. The summed E-state index contributed by atoms with van der Waals surface area (Å²) in [5, 5.41) is 9.70. The number of aliphatic imine (C=N–C) groups is 1. The van der Waals surface area contributed by atoms with E-state index < -0.39 is 0 Å². The number of hydrogen-bond acceptors (Lipinski definition) is 3. The van der Waals surface area contributed by atoms with E-state index in [1.54, 1.807) is 0 Å². The van der Waals surface area contributed by atoms with Crippen molar-refractivity contribution in [2.24, 2.45) is 4.99 Å². The number of para-hydroxylation sites is 2. The Bertz CT molecular complexity index is 836. The quantitative estimate of drug-likeness (QED) is 0.338. The minimum Gasteiger partial charge on any atom is -0.372 e. The molecule has 3 rings (SSSR count). The highest BCUT2D eigenvalue weighted by Gasteiger charge is 2.24. The first kappa shape index (κ1) is 21.7. The summed E-state index contributed by atoms with van der Waals surface area (Å²) in [5.74, 6) is 0.982. The molecule has 1 unspecified atom stereocenters. The smallest absolute Gasteiger partial charge is 0.225 e. The van der Waals surface area contributed by atoms with Crippen LogP contribution in [0.1, 0.15) is 38.2 Å². The molecule has 1 aliphatic heterocycles. The molecule has 1 atom stereocenters. The molecule has 2 aromatic rings. The highest BCUT2D eigenvalue weighted by molar-refractivity contribution is 5.94. The normalized spacial score (nSPS) is 15.9. The van der Waals surface area contributed by atoms with E-state index in [0.29, 0.717) is 13.0 Å². The van der Waals surface area contributed by atoms with Crippen LogP contribution in [0.3, 0.4) is 0 Å². The molecule has 6 heteroatoms. The summed E-state index contributed by atoms with van der Waals surface area (Å²) in [5.41, 5.74) is 3.33. The number of carbonyl (C=O) groups excluding carboxylic acids is 1. The Morgan fingerprint density at radius 3 is 2.63 bits per heavy atom. The number of rotatable bonds is 9. The van der Waals surface area contributed by atoms with Crippen molar-refractivity contribution in [1.29, 1.82) is 0 Å². The molecule has 160 valence electrons. The van der Waals surface area contributed by atoms with Crippen LogP contribution in [0.2, 0.25) is 0 Å². The van der Waals surface area contributed by atoms with Gasteiger partial charge in [-0.25, -0.2) is 0 Å². The molecule has 0 fully saturated rings. The minimum absolute atomic E-state index is 0.0624. The van der Waals surface area contributed by atoms with E-state index >= 15 is 0 Å². The van der Waals surface area contributed by atoms with Gasteiger partial charge in [0.1, 0.15) is 0 Å².